The van der Waals surface area contributed by atoms with E-state index in [4.69, 9.17) is 4.74 Å². The minimum Gasteiger partial charge on any atom is -0.381 e. The summed E-state index contributed by atoms with van der Waals surface area (Å²) in [6, 6.07) is 13.1. The third-order valence-corrected chi connectivity index (χ3v) is 7.94. The third-order valence-electron chi connectivity index (χ3n) is 7.94. The molecule has 2 aromatic rings. The lowest BCUT2D eigenvalue weighted by Gasteiger charge is -2.34. The number of nitrogens with zero attached hydrogens (tertiary/aromatic N) is 5. The number of hydrazine groups is 1. The monoisotopic (exact) mass is 515 g/mol. The summed E-state index contributed by atoms with van der Waals surface area (Å²) in [5.74, 6) is -0.137. The summed E-state index contributed by atoms with van der Waals surface area (Å²) in [5.41, 5.74) is 7.84. The van der Waals surface area contributed by atoms with Crippen molar-refractivity contribution in [2.24, 2.45) is 10.2 Å². The molecule has 1 unspecified atom stereocenters. The van der Waals surface area contributed by atoms with E-state index in [-0.39, 0.29) is 17.9 Å². The van der Waals surface area contributed by atoms with Gasteiger partial charge >= 0.3 is 6.03 Å². The van der Waals surface area contributed by atoms with Crippen molar-refractivity contribution in [2.75, 3.05) is 63.7 Å². The first-order valence-electron chi connectivity index (χ1n) is 13.2. The normalized spacial score (nSPS) is 21.7. The first-order valence-corrected chi connectivity index (χ1v) is 13.2. The second kappa shape index (κ2) is 10.3. The number of hydrogen-bond acceptors (Lipinski definition) is 8. The molecule has 0 radical (unpaired) electrons. The lowest BCUT2D eigenvalue weighted by molar-refractivity contribution is 0.0312. The Morgan fingerprint density at radius 2 is 1.79 bits per heavy atom. The fourth-order valence-electron chi connectivity index (χ4n) is 5.68. The van der Waals surface area contributed by atoms with E-state index in [1.54, 1.807) is 6.07 Å². The SMILES string of the molecule is CN1CCN(c2ccc(C3=C4C(=O)c5c(NC(=O)NN(C)C6CCOCC6)cccc5C4N=N3)cc2)CC1. The van der Waals surface area contributed by atoms with Gasteiger partial charge in [0.25, 0.3) is 0 Å². The van der Waals surface area contributed by atoms with Crippen LogP contribution in [0.2, 0.25) is 0 Å². The van der Waals surface area contributed by atoms with Gasteiger partial charge in [-0.1, -0.05) is 24.3 Å². The average molecular weight is 516 g/mol. The lowest BCUT2D eigenvalue weighted by atomic mass is 10.0. The zero-order valence-corrected chi connectivity index (χ0v) is 21.8. The molecule has 10 heteroatoms. The Balaban J connectivity index is 1.20. The number of likely N-dealkylation sites (N-methyl/N-ethyl adjacent to an activating group) is 1. The molecule has 0 saturated carbocycles. The number of rotatable bonds is 5. The molecule has 198 valence electrons. The zero-order chi connectivity index (χ0) is 26.2. The summed E-state index contributed by atoms with van der Waals surface area (Å²) in [4.78, 5) is 31.2. The summed E-state index contributed by atoms with van der Waals surface area (Å²) < 4.78 is 5.41. The molecule has 1 aliphatic carbocycles. The van der Waals surface area contributed by atoms with Gasteiger partial charge in [-0.3, -0.25) is 10.2 Å². The highest BCUT2D eigenvalue weighted by atomic mass is 16.5. The zero-order valence-electron chi connectivity index (χ0n) is 21.8. The van der Waals surface area contributed by atoms with Crippen molar-refractivity contribution in [3.8, 4) is 0 Å². The summed E-state index contributed by atoms with van der Waals surface area (Å²) in [7, 11) is 4.00. The molecule has 0 bridgehead atoms. The Kier molecular flexibility index (Phi) is 6.69. The molecular formula is C28H33N7O3. The molecule has 1 atom stereocenters. The number of benzene rings is 2. The van der Waals surface area contributed by atoms with Gasteiger partial charge in [-0.25, -0.2) is 9.80 Å². The van der Waals surface area contributed by atoms with Crippen LogP contribution in [0.3, 0.4) is 0 Å². The third kappa shape index (κ3) is 4.59. The Bertz CT molecular complexity index is 1290. The van der Waals surface area contributed by atoms with Crippen LogP contribution in [-0.4, -0.2) is 81.3 Å². The van der Waals surface area contributed by atoms with Gasteiger partial charge in [-0.2, -0.15) is 10.2 Å². The standard InChI is InChI=1S/C28H33N7O3/c1-33-12-14-35(15-13-33)20-8-6-18(7-9-20)25-24-26(31-30-25)21-4-3-5-22(23(21)27(24)36)29-28(37)32-34(2)19-10-16-38-17-11-19/h3-9,19,26H,10-17H2,1-2H3,(H2,29,32,37). The molecule has 2 saturated heterocycles. The van der Waals surface area contributed by atoms with Crippen LogP contribution in [0.4, 0.5) is 16.2 Å². The van der Waals surface area contributed by atoms with Crippen molar-refractivity contribution in [3.63, 3.8) is 0 Å². The van der Waals surface area contributed by atoms with Crippen LogP contribution in [0, 0.1) is 0 Å². The van der Waals surface area contributed by atoms with E-state index in [0.717, 1.165) is 50.1 Å². The Hall–Kier alpha value is -3.60. The highest BCUT2D eigenvalue weighted by molar-refractivity contribution is 6.22. The summed E-state index contributed by atoms with van der Waals surface area (Å²) >= 11 is 0. The van der Waals surface area contributed by atoms with Gasteiger partial charge < -0.3 is 19.9 Å². The predicted molar refractivity (Wildman–Crippen MR) is 145 cm³/mol. The number of ketones is 1. The number of fused-ring (bicyclic) bond motifs is 3. The van der Waals surface area contributed by atoms with Crippen molar-refractivity contribution < 1.29 is 14.3 Å². The van der Waals surface area contributed by atoms with Crippen LogP contribution in [0.15, 0.2) is 58.3 Å². The highest BCUT2D eigenvalue weighted by Crippen LogP contribution is 2.49. The number of urea groups is 1. The Morgan fingerprint density at radius 1 is 1.05 bits per heavy atom. The maximum atomic E-state index is 13.7. The largest absolute Gasteiger partial charge is 0.381 e. The van der Waals surface area contributed by atoms with Gasteiger partial charge in [0.1, 0.15) is 11.7 Å². The molecule has 0 spiro atoms. The number of amides is 2. The van der Waals surface area contributed by atoms with E-state index in [1.807, 2.05) is 36.3 Å². The van der Waals surface area contributed by atoms with E-state index < -0.39 is 6.04 Å². The maximum Gasteiger partial charge on any atom is 0.333 e. The van der Waals surface area contributed by atoms with Crippen molar-refractivity contribution in [1.82, 2.24) is 15.3 Å². The molecule has 10 nitrogen and oxygen atoms in total. The van der Waals surface area contributed by atoms with Gasteiger partial charge in [0.2, 0.25) is 0 Å². The Labute approximate surface area is 222 Å². The quantitative estimate of drug-likeness (QED) is 0.589. The van der Waals surface area contributed by atoms with E-state index in [1.165, 1.54) is 5.69 Å². The second-order valence-electron chi connectivity index (χ2n) is 10.3. The van der Waals surface area contributed by atoms with E-state index in [0.29, 0.717) is 35.7 Å². The number of nitrogens with one attached hydrogen (secondary N) is 2. The number of hydrogen-bond donors (Lipinski definition) is 2. The maximum absolute atomic E-state index is 13.7. The molecule has 2 amide bonds. The van der Waals surface area contributed by atoms with E-state index >= 15 is 0 Å². The molecule has 2 N–H and O–H groups in total. The minimum absolute atomic E-state index is 0.137. The van der Waals surface area contributed by atoms with Gasteiger partial charge in [-0.15, -0.1) is 0 Å². The topological polar surface area (TPSA) is 102 Å². The van der Waals surface area contributed by atoms with Gasteiger partial charge in [0.15, 0.2) is 5.78 Å². The number of Topliss-reactive ketones (excluding diaryl/α,β-unsaturated/α-hetero) is 1. The van der Waals surface area contributed by atoms with Crippen LogP contribution in [0.1, 0.15) is 40.4 Å². The van der Waals surface area contributed by atoms with Crippen molar-refractivity contribution in [1.29, 1.82) is 0 Å². The van der Waals surface area contributed by atoms with Gasteiger partial charge in [-0.05, 0) is 43.7 Å². The first-order chi connectivity index (χ1) is 18.5. The van der Waals surface area contributed by atoms with Crippen LogP contribution >= 0.6 is 0 Å². The summed E-state index contributed by atoms with van der Waals surface area (Å²) in [6.07, 6.45) is 1.71. The van der Waals surface area contributed by atoms with E-state index in [9.17, 15) is 9.59 Å². The van der Waals surface area contributed by atoms with Crippen LogP contribution in [-0.2, 0) is 4.74 Å². The smallest absolute Gasteiger partial charge is 0.333 e. The van der Waals surface area contributed by atoms with Crippen molar-refractivity contribution >= 4 is 28.9 Å². The number of ether oxygens (including phenoxy) is 1. The highest BCUT2D eigenvalue weighted by Gasteiger charge is 2.42. The molecule has 2 fully saturated rings. The van der Waals surface area contributed by atoms with Gasteiger partial charge in [0, 0.05) is 63.7 Å². The molecule has 3 aliphatic heterocycles. The second-order valence-corrected chi connectivity index (χ2v) is 10.3. The predicted octanol–water partition coefficient (Wildman–Crippen LogP) is 3.70. The van der Waals surface area contributed by atoms with Crippen LogP contribution in [0.5, 0.6) is 0 Å². The number of azo groups is 1. The van der Waals surface area contributed by atoms with Crippen LogP contribution < -0.4 is 15.6 Å². The van der Waals surface area contributed by atoms with Gasteiger partial charge in [0.05, 0.1) is 16.8 Å². The number of carbonyl (C=O) groups is 2. The summed E-state index contributed by atoms with van der Waals surface area (Å²) in [5, 5.41) is 13.6. The molecule has 3 heterocycles. The molecule has 2 aromatic carbocycles. The number of piperazine rings is 1. The molecular weight excluding hydrogens is 482 g/mol. The first kappa shape index (κ1) is 24.7. The fourth-order valence-corrected chi connectivity index (χ4v) is 5.68. The number of carbonyl (C=O) groups excluding carboxylic acids is 2. The molecule has 0 aromatic heterocycles. The minimum atomic E-state index is -0.445. The molecule has 6 rings (SSSR count). The van der Waals surface area contributed by atoms with E-state index in [2.05, 4.69) is 50.0 Å². The fraction of sp³-hybridized carbons (Fsp3) is 0.429. The lowest BCUT2D eigenvalue weighted by Crippen LogP contribution is -2.49. The van der Waals surface area contributed by atoms with Crippen molar-refractivity contribution in [2.45, 2.75) is 24.9 Å². The van der Waals surface area contributed by atoms with Crippen LogP contribution in [0.25, 0.3) is 5.70 Å². The number of anilines is 2. The molecule has 38 heavy (non-hydrogen) atoms. The molecule has 4 aliphatic rings. The average Bonchev–Trinajstić information content (AvgIpc) is 3.50. The summed E-state index contributed by atoms with van der Waals surface area (Å²) in [6.45, 7) is 5.44. The van der Waals surface area contributed by atoms with Crippen molar-refractivity contribution in [3.05, 3.63) is 64.7 Å². The Morgan fingerprint density at radius 3 is 2.53 bits per heavy atom.